The predicted octanol–water partition coefficient (Wildman–Crippen LogP) is 4.34. The Bertz CT molecular complexity index is 960. The van der Waals surface area contributed by atoms with Gasteiger partial charge in [0.05, 0.1) is 17.0 Å². The highest BCUT2D eigenvalue weighted by molar-refractivity contribution is 5.90. The van der Waals surface area contributed by atoms with Crippen molar-refractivity contribution >= 4 is 10.9 Å². The summed E-state index contributed by atoms with van der Waals surface area (Å²) in [5.41, 5.74) is 3.26. The Morgan fingerprint density at radius 3 is 2.48 bits per heavy atom. The molecule has 114 valence electrons. The van der Waals surface area contributed by atoms with Crippen molar-refractivity contribution in [2.24, 2.45) is 0 Å². The van der Waals surface area contributed by atoms with E-state index in [1.165, 1.54) is 12.1 Å². The molecule has 0 aliphatic heterocycles. The van der Waals surface area contributed by atoms with Crippen LogP contribution < -0.4 is 0 Å². The Hall–Kier alpha value is -2.80. The highest BCUT2D eigenvalue weighted by atomic mass is 19.1. The van der Waals surface area contributed by atoms with E-state index in [0.717, 1.165) is 40.7 Å². The van der Waals surface area contributed by atoms with Crippen LogP contribution >= 0.6 is 0 Å². The van der Waals surface area contributed by atoms with Crippen molar-refractivity contribution in [2.75, 3.05) is 0 Å². The van der Waals surface area contributed by atoms with Gasteiger partial charge in [-0.25, -0.2) is 4.39 Å². The van der Waals surface area contributed by atoms with Crippen LogP contribution in [0.5, 0.6) is 5.75 Å². The zero-order chi connectivity index (χ0) is 16.2. The largest absolute Gasteiger partial charge is 0.508 e. The summed E-state index contributed by atoms with van der Waals surface area (Å²) in [6.07, 6.45) is 1.67. The fourth-order valence-electron chi connectivity index (χ4n) is 3.48. The number of rotatable bonds is 2. The summed E-state index contributed by atoms with van der Waals surface area (Å²) in [6, 6.07) is 13.9. The zero-order valence-electron chi connectivity index (χ0n) is 12.7. The lowest BCUT2D eigenvalue weighted by Gasteiger charge is -2.10. The number of nitrogens with zero attached hydrogens (tertiary/aromatic N) is 2. The van der Waals surface area contributed by atoms with Crippen LogP contribution in [0.2, 0.25) is 0 Å². The molecule has 0 radical (unpaired) electrons. The number of benzene rings is 2. The van der Waals surface area contributed by atoms with Crippen LogP contribution in [0, 0.1) is 24.1 Å². The minimum Gasteiger partial charge on any atom is -0.508 e. The standard InChI is InChI=1S/C19H15FN2O/c1-12-18(19(11-21)8-9-19)16-10-15(23)6-7-17(16)22(12)14-4-2-13(20)3-5-14/h2-7,10,23H,8-9H2,1H3. The van der Waals surface area contributed by atoms with Gasteiger partial charge < -0.3 is 9.67 Å². The molecule has 3 nitrogen and oxygen atoms in total. The quantitative estimate of drug-likeness (QED) is 0.765. The van der Waals surface area contributed by atoms with E-state index in [0.29, 0.717) is 0 Å². The molecule has 1 fully saturated rings. The Kier molecular flexibility index (Phi) is 2.76. The first-order valence-corrected chi connectivity index (χ1v) is 7.57. The van der Waals surface area contributed by atoms with Gasteiger partial charge in [0, 0.05) is 22.3 Å². The number of phenols is 1. The number of fused-ring (bicyclic) bond motifs is 1. The SMILES string of the molecule is Cc1c(C2(C#N)CC2)c2cc(O)ccc2n1-c1ccc(F)cc1. The molecule has 1 aliphatic carbocycles. The van der Waals surface area contributed by atoms with Gasteiger partial charge >= 0.3 is 0 Å². The minimum atomic E-state index is -0.457. The molecule has 1 aliphatic rings. The summed E-state index contributed by atoms with van der Waals surface area (Å²) in [7, 11) is 0. The number of hydrogen-bond acceptors (Lipinski definition) is 2. The van der Waals surface area contributed by atoms with Crippen LogP contribution in [-0.4, -0.2) is 9.67 Å². The van der Waals surface area contributed by atoms with Crippen molar-refractivity contribution in [1.82, 2.24) is 4.57 Å². The van der Waals surface area contributed by atoms with E-state index in [2.05, 4.69) is 6.07 Å². The van der Waals surface area contributed by atoms with Crippen LogP contribution in [0.25, 0.3) is 16.6 Å². The van der Waals surface area contributed by atoms with E-state index < -0.39 is 5.41 Å². The van der Waals surface area contributed by atoms with E-state index in [1.807, 2.05) is 17.6 Å². The first-order chi connectivity index (χ1) is 11.1. The van der Waals surface area contributed by atoms with Crippen LogP contribution in [0.1, 0.15) is 24.1 Å². The first kappa shape index (κ1) is 13.8. The van der Waals surface area contributed by atoms with Gasteiger partial charge in [-0.05, 0) is 62.2 Å². The molecule has 3 aromatic rings. The van der Waals surface area contributed by atoms with E-state index in [1.54, 1.807) is 24.3 Å². The molecule has 23 heavy (non-hydrogen) atoms. The second kappa shape index (κ2) is 4.60. The van der Waals surface area contributed by atoms with Gasteiger partial charge in [-0.15, -0.1) is 0 Å². The Balaban J connectivity index is 2.08. The monoisotopic (exact) mass is 306 g/mol. The zero-order valence-corrected chi connectivity index (χ0v) is 12.7. The normalized spacial score (nSPS) is 15.5. The second-order valence-electron chi connectivity index (χ2n) is 6.17. The molecule has 0 amide bonds. The first-order valence-electron chi connectivity index (χ1n) is 7.57. The number of halogens is 1. The van der Waals surface area contributed by atoms with Gasteiger partial charge in [0.2, 0.25) is 0 Å². The van der Waals surface area contributed by atoms with Crippen molar-refractivity contribution < 1.29 is 9.50 Å². The van der Waals surface area contributed by atoms with Crippen molar-refractivity contribution in [3.63, 3.8) is 0 Å². The van der Waals surface area contributed by atoms with E-state index in [4.69, 9.17) is 0 Å². The average molecular weight is 306 g/mol. The maximum absolute atomic E-state index is 13.2. The maximum atomic E-state index is 13.2. The molecule has 0 unspecified atom stereocenters. The predicted molar refractivity (Wildman–Crippen MR) is 86.2 cm³/mol. The second-order valence-corrected chi connectivity index (χ2v) is 6.17. The Morgan fingerprint density at radius 2 is 1.87 bits per heavy atom. The number of phenolic OH excluding ortho intramolecular Hbond substituents is 1. The molecule has 1 N–H and O–H groups in total. The highest BCUT2D eigenvalue weighted by Gasteiger charge is 2.48. The average Bonchev–Trinajstić information content (AvgIpc) is 3.27. The molecule has 4 heteroatoms. The van der Waals surface area contributed by atoms with Gasteiger partial charge in [0.25, 0.3) is 0 Å². The van der Waals surface area contributed by atoms with Gasteiger partial charge in [-0.3, -0.25) is 0 Å². The molecular formula is C19H15FN2O. The third kappa shape index (κ3) is 1.93. The summed E-state index contributed by atoms with van der Waals surface area (Å²) in [5.74, 6) is -0.0971. The fourth-order valence-corrected chi connectivity index (χ4v) is 3.48. The molecule has 0 saturated heterocycles. The summed E-state index contributed by atoms with van der Waals surface area (Å²) in [4.78, 5) is 0. The molecule has 1 aromatic heterocycles. The summed E-state index contributed by atoms with van der Waals surface area (Å²) >= 11 is 0. The highest BCUT2D eigenvalue weighted by Crippen LogP contribution is 2.52. The molecule has 0 atom stereocenters. The van der Waals surface area contributed by atoms with Gasteiger partial charge in [-0.1, -0.05) is 0 Å². The minimum absolute atomic E-state index is 0.184. The third-order valence-corrected chi connectivity index (χ3v) is 4.71. The summed E-state index contributed by atoms with van der Waals surface area (Å²) in [5, 5.41) is 20.4. The van der Waals surface area contributed by atoms with Crippen LogP contribution in [0.3, 0.4) is 0 Å². The van der Waals surface area contributed by atoms with E-state index in [-0.39, 0.29) is 11.6 Å². The van der Waals surface area contributed by atoms with Crippen molar-refractivity contribution in [3.05, 3.63) is 59.5 Å². The molecule has 2 aromatic carbocycles. The van der Waals surface area contributed by atoms with Crippen molar-refractivity contribution in [3.8, 4) is 17.5 Å². The van der Waals surface area contributed by atoms with Crippen LogP contribution in [0.15, 0.2) is 42.5 Å². The molecular weight excluding hydrogens is 291 g/mol. The van der Waals surface area contributed by atoms with Gasteiger partial charge in [0.15, 0.2) is 0 Å². The molecule has 0 bridgehead atoms. The molecule has 0 spiro atoms. The van der Waals surface area contributed by atoms with E-state index in [9.17, 15) is 14.8 Å². The smallest absolute Gasteiger partial charge is 0.123 e. The van der Waals surface area contributed by atoms with Gasteiger partial charge in [0.1, 0.15) is 11.6 Å². The van der Waals surface area contributed by atoms with Crippen LogP contribution in [0.4, 0.5) is 4.39 Å². The van der Waals surface area contributed by atoms with Crippen LogP contribution in [-0.2, 0) is 5.41 Å². The molecule has 4 rings (SSSR count). The Labute approximate surface area is 133 Å². The topological polar surface area (TPSA) is 48.9 Å². The summed E-state index contributed by atoms with van der Waals surface area (Å²) in [6.45, 7) is 1.98. The third-order valence-electron chi connectivity index (χ3n) is 4.71. The number of aromatic nitrogens is 1. The maximum Gasteiger partial charge on any atom is 0.123 e. The molecule has 1 heterocycles. The Morgan fingerprint density at radius 1 is 1.17 bits per heavy atom. The number of nitriles is 1. The van der Waals surface area contributed by atoms with Crippen molar-refractivity contribution in [2.45, 2.75) is 25.2 Å². The lowest BCUT2D eigenvalue weighted by Crippen LogP contribution is -2.05. The van der Waals surface area contributed by atoms with Crippen molar-refractivity contribution in [1.29, 1.82) is 5.26 Å². The summed E-state index contributed by atoms with van der Waals surface area (Å²) < 4.78 is 15.3. The number of aromatic hydroxyl groups is 1. The fraction of sp³-hybridized carbons (Fsp3) is 0.211. The lowest BCUT2D eigenvalue weighted by atomic mass is 9.94. The lowest BCUT2D eigenvalue weighted by molar-refractivity contribution is 0.476. The molecule has 1 saturated carbocycles. The van der Waals surface area contributed by atoms with E-state index >= 15 is 0 Å². The number of hydrogen-bond donors (Lipinski definition) is 1. The van der Waals surface area contributed by atoms with Gasteiger partial charge in [-0.2, -0.15) is 5.26 Å².